The lowest BCUT2D eigenvalue weighted by atomic mass is 9.85. The molecule has 4 heteroatoms. The van der Waals surface area contributed by atoms with E-state index in [1.807, 2.05) is 24.3 Å². The molecule has 0 amide bonds. The smallest absolute Gasteiger partial charge is 0.0987 e. The Morgan fingerprint density at radius 1 is 1.37 bits per heavy atom. The molecular weight excluding hydrogens is 262 g/mol. The van der Waals surface area contributed by atoms with Gasteiger partial charge in [-0.05, 0) is 31.0 Å². The topological polar surface area (TPSA) is 30.5 Å². The highest BCUT2D eigenvalue weighted by atomic mass is 35.5. The van der Waals surface area contributed by atoms with Gasteiger partial charge >= 0.3 is 0 Å². The van der Waals surface area contributed by atoms with Crippen LogP contribution in [0.1, 0.15) is 25.3 Å². The lowest BCUT2D eigenvalue weighted by Crippen LogP contribution is -2.59. The molecule has 3 atom stereocenters. The predicted molar refractivity (Wildman–Crippen MR) is 77.5 cm³/mol. The van der Waals surface area contributed by atoms with Gasteiger partial charge in [-0.3, -0.25) is 0 Å². The monoisotopic (exact) mass is 283 g/mol. The average molecular weight is 284 g/mol. The van der Waals surface area contributed by atoms with Crippen molar-refractivity contribution in [3.05, 3.63) is 34.9 Å². The Kier molecular flexibility index (Phi) is 5.64. The van der Waals surface area contributed by atoms with Crippen molar-refractivity contribution >= 4 is 11.6 Å². The van der Waals surface area contributed by atoms with E-state index in [4.69, 9.17) is 21.1 Å². The van der Waals surface area contributed by atoms with Gasteiger partial charge in [0.15, 0.2) is 0 Å². The van der Waals surface area contributed by atoms with Crippen molar-refractivity contribution in [1.29, 1.82) is 0 Å². The normalized spacial score (nSPS) is 26.2. The van der Waals surface area contributed by atoms with Crippen LogP contribution in [0.4, 0.5) is 0 Å². The molecule has 106 valence electrons. The van der Waals surface area contributed by atoms with Gasteiger partial charge in [0, 0.05) is 18.2 Å². The van der Waals surface area contributed by atoms with E-state index in [1.165, 1.54) is 0 Å². The standard InChI is InChI=1S/C15H22ClNO2/c1-3-8-17-13-9-14(15(13)18-2)19-10-11-6-4-5-7-12(11)16/h4-7,13-15,17H,3,8-10H2,1-2H3. The first kappa shape index (κ1) is 14.8. The van der Waals surface area contributed by atoms with Gasteiger partial charge in [0.05, 0.1) is 18.8 Å². The highest BCUT2D eigenvalue weighted by molar-refractivity contribution is 6.31. The molecule has 2 rings (SSSR count). The van der Waals surface area contributed by atoms with Crippen LogP contribution in [0, 0.1) is 0 Å². The Balaban J connectivity index is 1.80. The van der Waals surface area contributed by atoms with Crippen molar-refractivity contribution in [2.24, 2.45) is 0 Å². The third kappa shape index (κ3) is 3.69. The van der Waals surface area contributed by atoms with Gasteiger partial charge in [-0.15, -0.1) is 0 Å². The molecule has 0 spiro atoms. The minimum Gasteiger partial charge on any atom is -0.377 e. The fourth-order valence-electron chi connectivity index (χ4n) is 2.40. The summed E-state index contributed by atoms with van der Waals surface area (Å²) in [5.74, 6) is 0. The maximum absolute atomic E-state index is 6.11. The Hall–Kier alpha value is -0.610. The van der Waals surface area contributed by atoms with Crippen LogP contribution >= 0.6 is 11.6 Å². The summed E-state index contributed by atoms with van der Waals surface area (Å²) >= 11 is 6.11. The van der Waals surface area contributed by atoms with Gasteiger partial charge in [-0.25, -0.2) is 0 Å². The molecule has 0 saturated heterocycles. The number of hydrogen-bond acceptors (Lipinski definition) is 3. The zero-order chi connectivity index (χ0) is 13.7. The number of rotatable bonds is 7. The molecule has 0 aromatic heterocycles. The molecule has 0 aliphatic heterocycles. The summed E-state index contributed by atoms with van der Waals surface area (Å²) in [5, 5.41) is 4.24. The Bertz CT molecular complexity index is 399. The molecule has 1 N–H and O–H groups in total. The molecule has 1 aromatic carbocycles. The summed E-state index contributed by atoms with van der Waals surface area (Å²) in [4.78, 5) is 0. The Morgan fingerprint density at radius 2 is 2.16 bits per heavy atom. The molecule has 0 radical (unpaired) electrons. The van der Waals surface area contributed by atoms with Crippen molar-refractivity contribution in [3.63, 3.8) is 0 Å². The highest BCUT2D eigenvalue weighted by Gasteiger charge is 2.41. The lowest BCUT2D eigenvalue weighted by Gasteiger charge is -2.43. The summed E-state index contributed by atoms with van der Waals surface area (Å²) < 4.78 is 11.4. The van der Waals surface area contributed by atoms with Crippen molar-refractivity contribution in [1.82, 2.24) is 5.32 Å². The van der Waals surface area contributed by atoms with Crippen LogP contribution in [0.15, 0.2) is 24.3 Å². The summed E-state index contributed by atoms with van der Waals surface area (Å²) in [6.45, 7) is 3.74. The summed E-state index contributed by atoms with van der Waals surface area (Å²) in [7, 11) is 1.75. The number of methoxy groups -OCH3 is 1. The van der Waals surface area contributed by atoms with Gasteiger partial charge in [-0.2, -0.15) is 0 Å². The SMILES string of the molecule is CCCNC1CC(OCc2ccccc2Cl)C1OC. The van der Waals surface area contributed by atoms with E-state index in [0.29, 0.717) is 12.6 Å². The number of benzene rings is 1. The number of ether oxygens (including phenoxy) is 2. The van der Waals surface area contributed by atoms with Crippen molar-refractivity contribution in [2.45, 2.75) is 44.6 Å². The number of nitrogens with one attached hydrogen (secondary N) is 1. The van der Waals surface area contributed by atoms with Gasteiger partial charge in [0.1, 0.15) is 0 Å². The van der Waals surface area contributed by atoms with E-state index in [0.717, 1.165) is 30.0 Å². The molecule has 19 heavy (non-hydrogen) atoms. The average Bonchev–Trinajstić information content (AvgIpc) is 2.39. The molecule has 1 aromatic rings. The zero-order valence-electron chi connectivity index (χ0n) is 11.6. The number of hydrogen-bond donors (Lipinski definition) is 1. The molecule has 1 aliphatic carbocycles. The Morgan fingerprint density at radius 3 is 2.84 bits per heavy atom. The Labute approximate surface area is 120 Å². The van der Waals surface area contributed by atoms with Gasteiger partial charge < -0.3 is 14.8 Å². The van der Waals surface area contributed by atoms with E-state index in [1.54, 1.807) is 7.11 Å². The van der Waals surface area contributed by atoms with E-state index >= 15 is 0 Å². The first-order valence-electron chi connectivity index (χ1n) is 6.87. The second-order valence-electron chi connectivity index (χ2n) is 4.94. The van der Waals surface area contributed by atoms with E-state index in [9.17, 15) is 0 Å². The number of halogens is 1. The third-order valence-electron chi connectivity index (χ3n) is 3.59. The molecular formula is C15H22ClNO2. The first-order chi connectivity index (χ1) is 9.26. The molecule has 3 nitrogen and oxygen atoms in total. The molecule has 0 heterocycles. The van der Waals surface area contributed by atoms with Crippen molar-refractivity contribution in [3.8, 4) is 0 Å². The third-order valence-corrected chi connectivity index (χ3v) is 3.96. The van der Waals surface area contributed by atoms with E-state index in [2.05, 4.69) is 12.2 Å². The van der Waals surface area contributed by atoms with Crippen LogP contribution in [0.5, 0.6) is 0 Å². The fraction of sp³-hybridized carbons (Fsp3) is 0.600. The maximum atomic E-state index is 6.11. The molecule has 1 fully saturated rings. The lowest BCUT2D eigenvalue weighted by molar-refractivity contribution is -0.139. The molecule has 3 unspecified atom stereocenters. The largest absolute Gasteiger partial charge is 0.377 e. The van der Waals surface area contributed by atoms with Crippen LogP contribution in [-0.2, 0) is 16.1 Å². The van der Waals surface area contributed by atoms with Crippen LogP contribution in [0.25, 0.3) is 0 Å². The predicted octanol–water partition coefficient (Wildman–Crippen LogP) is 3.01. The molecule has 0 bridgehead atoms. The second kappa shape index (κ2) is 7.25. The van der Waals surface area contributed by atoms with Gasteiger partial charge in [0.25, 0.3) is 0 Å². The van der Waals surface area contributed by atoms with E-state index < -0.39 is 0 Å². The summed E-state index contributed by atoms with van der Waals surface area (Å²) in [5.41, 5.74) is 1.03. The first-order valence-corrected chi connectivity index (χ1v) is 7.25. The van der Waals surface area contributed by atoms with Crippen LogP contribution in [0.3, 0.4) is 0 Å². The molecule has 1 saturated carbocycles. The van der Waals surface area contributed by atoms with Crippen LogP contribution in [0.2, 0.25) is 5.02 Å². The van der Waals surface area contributed by atoms with Crippen LogP contribution < -0.4 is 5.32 Å². The fourth-order valence-corrected chi connectivity index (χ4v) is 2.59. The second-order valence-corrected chi connectivity index (χ2v) is 5.34. The van der Waals surface area contributed by atoms with Gasteiger partial charge in [0.2, 0.25) is 0 Å². The minimum absolute atomic E-state index is 0.147. The highest BCUT2D eigenvalue weighted by Crippen LogP contribution is 2.28. The summed E-state index contributed by atoms with van der Waals surface area (Å²) in [6.07, 6.45) is 2.45. The zero-order valence-corrected chi connectivity index (χ0v) is 12.3. The minimum atomic E-state index is 0.147. The maximum Gasteiger partial charge on any atom is 0.0987 e. The van der Waals surface area contributed by atoms with Crippen molar-refractivity contribution < 1.29 is 9.47 Å². The quantitative estimate of drug-likeness (QED) is 0.834. The van der Waals surface area contributed by atoms with E-state index in [-0.39, 0.29) is 12.2 Å². The van der Waals surface area contributed by atoms with Crippen LogP contribution in [-0.4, -0.2) is 31.9 Å². The molecule has 1 aliphatic rings. The summed E-state index contributed by atoms with van der Waals surface area (Å²) in [6, 6.07) is 8.21. The van der Waals surface area contributed by atoms with Crippen molar-refractivity contribution in [2.75, 3.05) is 13.7 Å². The van der Waals surface area contributed by atoms with Gasteiger partial charge in [-0.1, -0.05) is 36.7 Å².